The van der Waals surface area contributed by atoms with Gasteiger partial charge < -0.3 is 18.9 Å². The number of fused-ring (bicyclic) bond motifs is 3. The van der Waals surface area contributed by atoms with E-state index in [1.54, 1.807) is 0 Å². The quantitative estimate of drug-likeness (QED) is 0.371. The number of hydrogen-bond donors (Lipinski definition) is 0. The lowest BCUT2D eigenvalue weighted by molar-refractivity contribution is -0.211. The van der Waals surface area contributed by atoms with Crippen LogP contribution in [0.2, 0.25) is 0 Å². The van der Waals surface area contributed by atoms with Crippen molar-refractivity contribution in [1.82, 2.24) is 0 Å². The minimum absolute atomic E-state index is 0.0182. The molecule has 7 heteroatoms. The Morgan fingerprint density at radius 1 is 0.969 bits per heavy atom. The summed E-state index contributed by atoms with van der Waals surface area (Å²) >= 11 is 0. The molecule has 5 rings (SSSR count). The van der Waals surface area contributed by atoms with E-state index in [1.165, 1.54) is 21.0 Å². The van der Waals surface area contributed by atoms with Crippen LogP contribution in [0, 0.1) is 34.5 Å². The van der Waals surface area contributed by atoms with Crippen molar-refractivity contribution in [3.05, 3.63) is 0 Å². The number of esters is 3. The van der Waals surface area contributed by atoms with E-state index in [2.05, 4.69) is 13.8 Å². The molecule has 0 aromatic heterocycles. The molecule has 10 unspecified atom stereocenters. The zero-order valence-electron chi connectivity index (χ0n) is 19.8. The van der Waals surface area contributed by atoms with Gasteiger partial charge in [-0.25, -0.2) is 0 Å². The molecule has 0 N–H and O–H groups in total. The van der Waals surface area contributed by atoms with E-state index in [-0.39, 0.29) is 65.0 Å². The predicted octanol–water partition coefficient (Wildman–Crippen LogP) is 3.42. The Bertz CT molecular complexity index is 840. The van der Waals surface area contributed by atoms with Gasteiger partial charge in [-0.3, -0.25) is 14.4 Å². The van der Waals surface area contributed by atoms with Gasteiger partial charge in [0, 0.05) is 25.2 Å². The molecule has 10 atom stereocenters. The lowest BCUT2D eigenvalue weighted by atomic mass is 9.43. The first-order valence-corrected chi connectivity index (χ1v) is 12.2. The Kier molecular flexibility index (Phi) is 4.98. The zero-order valence-corrected chi connectivity index (χ0v) is 19.8. The fourth-order valence-corrected chi connectivity index (χ4v) is 8.89. The Morgan fingerprint density at radius 3 is 2.34 bits per heavy atom. The molecule has 4 aliphatic carbocycles. The second-order valence-corrected chi connectivity index (χ2v) is 11.4. The van der Waals surface area contributed by atoms with Gasteiger partial charge in [-0.2, -0.15) is 0 Å². The maximum absolute atomic E-state index is 12.7. The van der Waals surface area contributed by atoms with Gasteiger partial charge in [0.25, 0.3) is 0 Å². The molecule has 1 saturated heterocycles. The van der Waals surface area contributed by atoms with E-state index in [0.29, 0.717) is 18.8 Å². The standard InChI is InChI=1S/C25H36O7/c1-13(26)30-16-8-9-23(3)15(10-16)6-7-17-21(23)19(31-14(2)27)12-24(4)18(22(28)29-5)11-20-25(17,24)32-20/h15-21H,6-12H2,1-5H3. The molecule has 1 heterocycles. The van der Waals surface area contributed by atoms with Crippen molar-refractivity contribution in [1.29, 1.82) is 0 Å². The highest BCUT2D eigenvalue weighted by Crippen LogP contribution is 2.76. The molecule has 178 valence electrons. The molecular formula is C25H36O7. The molecule has 1 aliphatic heterocycles. The van der Waals surface area contributed by atoms with Gasteiger partial charge >= 0.3 is 17.9 Å². The van der Waals surface area contributed by atoms with Crippen LogP contribution in [0.15, 0.2) is 0 Å². The number of carbonyl (C=O) groups is 3. The van der Waals surface area contributed by atoms with Crippen LogP contribution in [0.1, 0.15) is 72.6 Å². The summed E-state index contributed by atoms with van der Waals surface area (Å²) < 4.78 is 23.3. The highest BCUT2D eigenvalue weighted by Gasteiger charge is 2.83. The van der Waals surface area contributed by atoms with Crippen LogP contribution in [0.4, 0.5) is 0 Å². The average Bonchev–Trinajstić information content (AvgIpc) is 3.38. The number of hydrogen-bond acceptors (Lipinski definition) is 7. The highest BCUT2D eigenvalue weighted by molar-refractivity contribution is 5.75. The second kappa shape index (κ2) is 7.18. The fraction of sp³-hybridized carbons (Fsp3) is 0.880. The number of epoxide rings is 1. The summed E-state index contributed by atoms with van der Waals surface area (Å²) in [7, 11) is 1.45. The number of rotatable bonds is 3. The average molecular weight is 449 g/mol. The van der Waals surface area contributed by atoms with Crippen LogP contribution < -0.4 is 0 Å². The van der Waals surface area contributed by atoms with E-state index in [4.69, 9.17) is 18.9 Å². The zero-order chi connectivity index (χ0) is 23.1. The third-order valence-electron chi connectivity index (χ3n) is 10.1. The Balaban J connectivity index is 1.50. The summed E-state index contributed by atoms with van der Waals surface area (Å²) in [5.74, 6) is -0.0507. The second-order valence-electron chi connectivity index (χ2n) is 11.4. The number of ether oxygens (including phenoxy) is 4. The molecule has 7 nitrogen and oxygen atoms in total. The lowest BCUT2D eigenvalue weighted by Gasteiger charge is -2.62. The molecule has 1 spiro atoms. The van der Waals surface area contributed by atoms with Crippen LogP contribution in [0.25, 0.3) is 0 Å². The van der Waals surface area contributed by atoms with Crippen molar-refractivity contribution in [3.8, 4) is 0 Å². The topological polar surface area (TPSA) is 91.4 Å². The van der Waals surface area contributed by atoms with Gasteiger partial charge in [0.05, 0.1) is 19.1 Å². The summed E-state index contributed by atoms with van der Waals surface area (Å²) in [6.07, 6.45) is 5.78. The molecule has 0 amide bonds. The monoisotopic (exact) mass is 448 g/mol. The van der Waals surface area contributed by atoms with E-state index in [0.717, 1.165) is 32.1 Å². The molecule has 5 fully saturated rings. The van der Waals surface area contributed by atoms with Gasteiger partial charge in [-0.1, -0.05) is 13.8 Å². The van der Waals surface area contributed by atoms with Crippen molar-refractivity contribution in [2.24, 2.45) is 34.5 Å². The normalized spacial score (nSPS) is 50.7. The summed E-state index contributed by atoms with van der Waals surface area (Å²) in [6, 6.07) is 0. The molecule has 32 heavy (non-hydrogen) atoms. The molecule has 4 saturated carbocycles. The van der Waals surface area contributed by atoms with Gasteiger partial charge in [0.1, 0.15) is 17.8 Å². The van der Waals surface area contributed by atoms with E-state index in [9.17, 15) is 14.4 Å². The summed E-state index contributed by atoms with van der Waals surface area (Å²) in [4.78, 5) is 36.4. The molecule has 0 radical (unpaired) electrons. The Labute approximate surface area is 189 Å². The minimum atomic E-state index is -0.399. The van der Waals surface area contributed by atoms with Crippen molar-refractivity contribution in [3.63, 3.8) is 0 Å². The third-order valence-corrected chi connectivity index (χ3v) is 10.1. The largest absolute Gasteiger partial charge is 0.469 e. The Hall–Kier alpha value is -1.63. The molecule has 0 aromatic rings. The van der Waals surface area contributed by atoms with Crippen LogP contribution >= 0.6 is 0 Å². The first kappa shape index (κ1) is 22.2. The van der Waals surface area contributed by atoms with Gasteiger partial charge in [0.2, 0.25) is 0 Å². The first-order valence-electron chi connectivity index (χ1n) is 12.2. The predicted molar refractivity (Wildman–Crippen MR) is 113 cm³/mol. The minimum Gasteiger partial charge on any atom is -0.469 e. The maximum atomic E-state index is 12.7. The van der Waals surface area contributed by atoms with Crippen LogP contribution in [0.5, 0.6) is 0 Å². The third kappa shape index (κ3) is 2.85. The van der Waals surface area contributed by atoms with E-state index in [1.807, 2.05) is 0 Å². The maximum Gasteiger partial charge on any atom is 0.309 e. The lowest BCUT2D eigenvalue weighted by Crippen LogP contribution is -2.64. The van der Waals surface area contributed by atoms with Crippen LogP contribution in [-0.4, -0.2) is 48.9 Å². The molecule has 0 bridgehead atoms. The smallest absolute Gasteiger partial charge is 0.309 e. The SMILES string of the molecule is COC(=O)C1CC2OC23C2CCC4CC(OC(C)=O)CCC4(C)C2C(OC(C)=O)CC13C. The fourth-order valence-electron chi connectivity index (χ4n) is 8.89. The molecule has 0 aromatic carbocycles. The van der Waals surface area contributed by atoms with E-state index < -0.39 is 5.41 Å². The summed E-state index contributed by atoms with van der Waals surface area (Å²) in [5.41, 5.74) is -0.742. The van der Waals surface area contributed by atoms with Gasteiger partial charge in [-0.15, -0.1) is 0 Å². The first-order chi connectivity index (χ1) is 15.1. The highest BCUT2D eigenvalue weighted by atomic mass is 16.6. The number of methoxy groups -OCH3 is 1. The van der Waals surface area contributed by atoms with Crippen molar-refractivity contribution in [2.75, 3.05) is 7.11 Å². The summed E-state index contributed by atoms with van der Waals surface area (Å²) in [5, 5.41) is 0. The molecular weight excluding hydrogens is 412 g/mol. The van der Waals surface area contributed by atoms with Crippen molar-refractivity contribution >= 4 is 17.9 Å². The summed E-state index contributed by atoms with van der Waals surface area (Å²) in [6.45, 7) is 7.45. The van der Waals surface area contributed by atoms with Crippen LogP contribution in [-0.2, 0) is 33.3 Å². The van der Waals surface area contributed by atoms with E-state index >= 15 is 0 Å². The Morgan fingerprint density at radius 2 is 1.69 bits per heavy atom. The van der Waals surface area contributed by atoms with Crippen LogP contribution in [0.3, 0.4) is 0 Å². The molecule has 5 aliphatic rings. The van der Waals surface area contributed by atoms with Crippen molar-refractivity contribution < 1.29 is 33.3 Å². The van der Waals surface area contributed by atoms with Gasteiger partial charge in [0.15, 0.2) is 0 Å². The van der Waals surface area contributed by atoms with Gasteiger partial charge in [-0.05, 0) is 62.2 Å². The van der Waals surface area contributed by atoms with Crippen molar-refractivity contribution in [2.45, 2.75) is 96.6 Å². The number of carbonyl (C=O) groups excluding carboxylic acids is 3.